The molecule has 2 heterocycles. The summed E-state index contributed by atoms with van der Waals surface area (Å²) in [4.78, 5) is 4.50. The number of nitrogens with zero attached hydrogens (tertiary/aromatic N) is 2. The van der Waals surface area contributed by atoms with Gasteiger partial charge < -0.3 is 10.1 Å². The smallest absolute Gasteiger partial charge is 0.118 e. The quantitative estimate of drug-likeness (QED) is 0.837. The molecule has 0 atom stereocenters. The molecule has 2 rings (SSSR count). The van der Waals surface area contributed by atoms with Gasteiger partial charge in [-0.25, -0.2) is 4.98 Å². The van der Waals surface area contributed by atoms with Gasteiger partial charge in [0.05, 0.1) is 11.7 Å². The van der Waals surface area contributed by atoms with Gasteiger partial charge in [-0.2, -0.15) is 0 Å². The van der Waals surface area contributed by atoms with Crippen LogP contribution in [-0.2, 0) is 11.8 Å². The van der Waals surface area contributed by atoms with E-state index >= 15 is 0 Å². The normalized spacial score (nSPS) is 12.2. The number of imidazole rings is 1. The Morgan fingerprint density at radius 1 is 1.31 bits per heavy atom. The summed E-state index contributed by atoms with van der Waals surface area (Å²) in [5.74, 6) is 1.10. The Balaban J connectivity index is 2.56. The van der Waals surface area contributed by atoms with Crippen LogP contribution in [0.2, 0.25) is 0 Å². The van der Waals surface area contributed by atoms with E-state index in [0.29, 0.717) is 6.54 Å². The van der Waals surface area contributed by atoms with Gasteiger partial charge >= 0.3 is 0 Å². The molecule has 0 saturated carbocycles. The van der Waals surface area contributed by atoms with Gasteiger partial charge in [0, 0.05) is 11.6 Å². The maximum Gasteiger partial charge on any atom is 0.118 e. The SMILES string of the molecule is CC(C)(C)c1ncc2ccc(CCN)cn12. The second-order valence-electron chi connectivity index (χ2n) is 5.20. The first-order chi connectivity index (χ1) is 7.52. The van der Waals surface area contributed by atoms with Gasteiger partial charge in [0.1, 0.15) is 5.82 Å². The Morgan fingerprint density at radius 2 is 2.06 bits per heavy atom. The highest BCUT2D eigenvalue weighted by Gasteiger charge is 2.19. The highest BCUT2D eigenvalue weighted by atomic mass is 15.0. The lowest BCUT2D eigenvalue weighted by Gasteiger charge is -2.17. The van der Waals surface area contributed by atoms with E-state index < -0.39 is 0 Å². The van der Waals surface area contributed by atoms with E-state index in [1.54, 1.807) is 0 Å². The predicted octanol–water partition coefficient (Wildman–Crippen LogP) is 2.13. The number of hydrogen-bond acceptors (Lipinski definition) is 2. The first-order valence-electron chi connectivity index (χ1n) is 5.69. The lowest BCUT2D eigenvalue weighted by molar-refractivity contribution is 0.542. The van der Waals surface area contributed by atoms with Crippen molar-refractivity contribution in [3.05, 3.63) is 35.9 Å². The van der Waals surface area contributed by atoms with Crippen molar-refractivity contribution in [2.75, 3.05) is 6.54 Å². The van der Waals surface area contributed by atoms with Gasteiger partial charge in [0.25, 0.3) is 0 Å². The van der Waals surface area contributed by atoms with Crippen LogP contribution in [0.25, 0.3) is 5.52 Å². The van der Waals surface area contributed by atoms with Gasteiger partial charge in [-0.05, 0) is 24.6 Å². The standard InChI is InChI=1S/C13H19N3/c1-13(2,3)12-15-8-11-5-4-10(6-7-14)9-16(11)12/h4-5,8-9H,6-7,14H2,1-3H3. The summed E-state index contributed by atoms with van der Waals surface area (Å²) in [6, 6.07) is 4.23. The molecule has 0 spiro atoms. The van der Waals surface area contributed by atoms with E-state index in [-0.39, 0.29) is 5.41 Å². The molecule has 0 aliphatic heterocycles. The molecule has 0 aliphatic carbocycles. The lowest BCUT2D eigenvalue weighted by Crippen LogP contribution is -2.16. The van der Waals surface area contributed by atoms with Crippen LogP contribution in [0.4, 0.5) is 0 Å². The molecule has 0 aromatic carbocycles. The minimum atomic E-state index is 0.0632. The molecular weight excluding hydrogens is 198 g/mol. The highest BCUT2D eigenvalue weighted by Crippen LogP contribution is 2.22. The zero-order valence-corrected chi connectivity index (χ0v) is 10.2. The van der Waals surface area contributed by atoms with Crippen LogP contribution in [0.5, 0.6) is 0 Å². The van der Waals surface area contributed by atoms with Crippen molar-refractivity contribution in [2.45, 2.75) is 32.6 Å². The fourth-order valence-electron chi connectivity index (χ4n) is 1.90. The van der Waals surface area contributed by atoms with Crippen LogP contribution in [0.15, 0.2) is 24.5 Å². The van der Waals surface area contributed by atoms with Crippen molar-refractivity contribution < 1.29 is 0 Å². The number of hydrogen-bond donors (Lipinski definition) is 1. The molecule has 0 fully saturated rings. The third-order valence-corrected chi connectivity index (χ3v) is 2.69. The van der Waals surface area contributed by atoms with E-state index in [1.165, 1.54) is 5.56 Å². The molecule has 0 aliphatic rings. The summed E-state index contributed by atoms with van der Waals surface area (Å²) in [5.41, 5.74) is 8.05. The van der Waals surface area contributed by atoms with Gasteiger partial charge in [-0.3, -0.25) is 0 Å². The average molecular weight is 217 g/mol. The summed E-state index contributed by atoms with van der Waals surface area (Å²) in [6.07, 6.45) is 4.99. The van der Waals surface area contributed by atoms with E-state index in [0.717, 1.165) is 17.8 Å². The minimum absolute atomic E-state index is 0.0632. The van der Waals surface area contributed by atoms with E-state index in [1.807, 2.05) is 6.20 Å². The monoisotopic (exact) mass is 217 g/mol. The zero-order chi connectivity index (χ0) is 11.8. The van der Waals surface area contributed by atoms with Gasteiger partial charge in [0.2, 0.25) is 0 Å². The molecule has 86 valence electrons. The van der Waals surface area contributed by atoms with E-state index in [9.17, 15) is 0 Å². The van der Waals surface area contributed by atoms with Crippen molar-refractivity contribution in [3.63, 3.8) is 0 Å². The molecule has 3 heteroatoms. The average Bonchev–Trinajstić information content (AvgIpc) is 2.60. The Labute approximate surface area is 96.3 Å². The maximum atomic E-state index is 5.58. The van der Waals surface area contributed by atoms with Crippen molar-refractivity contribution in [2.24, 2.45) is 5.73 Å². The first kappa shape index (κ1) is 11.1. The summed E-state index contributed by atoms with van der Waals surface area (Å²) < 4.78 is 2.17. The number of aromatic nitrogens is 2. The molecule has 3 nitrogen and oxygen atoms in total. The third kappa shape index (κ3) is 1.95. The number of pyridine rings is 1. The van der Waals surface area contributed by atoms with Gasteiger partial charge in [-0.1, -0.05) is 26.8 Å². The third-order valence-electron chi connectivity index (χ3n) is 2.69. The van der Waals surface area contributed by atoms with Crippen molar-refractivity contribution in [1.82, 2.24) is 9.38 Å². The molecule has 0 amide bonds. The largest absolute Gasteiger partial charge is 0.330 e. The molecule has 0 bridgehead atoms. The van der Waals surface area contributed by atoms with Crippen molar-refractivity contribution in [1.29, 1.82) is 0 Å². The topological polar surface area (TPSA) is 43.3 Å². The van der Waals surface area contributed by atoms with E-state index in [2.05, 4.69) is 48.5 Å². The van der Waals surface area contributed by atoms with Crippen LogP contribution in [-0.4, -0.2) is 15.9 Å². The Kier molecular flexibility index (Phi) is 2.72. The second-order valence-corrected chi connectivity index (χ2v) is 5.20. The predicted molar refractivity (Wildman–Crippen MR) is 66.7 cm³/mol. The molecule has 0 saturated heterocycles. The first-order valence-corrected chi connectivity index (χ1v) is 5.69. The van der Waals surface area contributed by atoms with Crippen LogP contribution in [0, 0.1) is 0 Å². The van der Waals surface area contributed by atoms with Crippen molar-refractivity contribution in [3.8, 4) is 0 Å². The van der Waals surface area contributed by atoms with Gasteiger partial charge in [0.15, 0.2) is 0 Å². The number of fused-ring (bicyclic) bond motifs is 1. The zero-order valence-electron chi connectivity index (χ0n) is 10.2. The maximum absolute atomic E-state index is 5.58. The Bertz CT molecular complexity index is 491. The molecule has 0 radical (unpaired) electrons. The fraction of sp³-hybridized carbons (Fsp3) is 0.462. The van der Waals surface area contributed by atoms with Crippen LogP contribution in [0.3, 0.4) is 0 Å². The summed E-state index contributed by atoms with van der Waals surface area (Å²) in [6.45, 7) is 7.22. The summed E-state index contributed by atoms with van der Waals surface area (Å²) >= 11 is 0. The minimum Gasteiger partial charge on any atom is -0.330 e. The summed E-state index contributed by atoms with van der Waals surface area (Å²) in [5, 5.41) is 0. The number of nitrogens with two attached hydrogens (primary N) is 1. The molecular formula is C13H19N3. The van der Waals surface area contributed by atoms with Crippen LogP contribution in [0.1, 0.15) is 32.2 Å². The van der Waals surface area contributed by atoms with Gasteiger partial charge in [-0.15, -0.1) is 0 Å². The lowest BCUT2D eigenvalue weighted by atomic mass is 9.96. The highest BCUT2D eigenvalue weighted by molar-refractivity contribution is 5.47. The van der Waals surface area contributed by atoms with E-state index in [4.69, 9.17) is 5.73 Å². The van der Waals surface area contributed by atoms with Crippen LogP contribution < -0.4 is 5.73 Å². The second kappa shape index (κ2) is 3.91. The fourth-order valence-corrected chi connectivity index (χ4v) is 1.90. The van der Waals surface area contributed by atoms with Crippen molar-refractivity contribution >= 4 is 5.52 Å². The molecule has 2 aromatic heterocycles. The molecule has 2 aromatic rings. The Morgan fingerprint density at radius 3 is 2.69 bits per heavy atom. The summed E-state index contributed by atoms with van der Waals surface area (Å²) in [7, 11) is 0. The molecule has 2 N–H and O–H groups in total. The molecule has 0 unspecified atom stereocenters. The number of rotatable bonds is 2. The van der Waals surface area contributed by atoms with Crippen LogP contribution >= 0.6 is 0 Å². The molecule has 16 heavy (non-hydrogen) atoms. The Hall–Kier alpha value is -1.35.